The van der Waals surface area contributed by atoms with Gasteiger partial charge in [0.2, 0.25) is 0 Å². The molecule has 3 nitrogen and oxygen atoms in total. The van der Waals surface area contributed by atoms with E-state index in [1.165, 1.54) is 13.2 Å². The van der Waals surface area contributed by atoms with Crippen LogP contribution in [0.15, 0.2) is 12.1 Å². The lowest BCUT2D eigenvalue weighted by Crippen LogP contribution is -2.12. The number of ether oxygens (including phenoxy) is 1. The number of halogens is 1. The standard InChI is InChI=1S/C14H17FO3/c1-8-3-6-11(15)13(14(8)18-2)10(7-12(16)17)9-4-5-9/h3,6,9-10H,4-5,7H2,1-2H3,(H,16,17). The Morgan fingerprint density at radius 3 is 2.72 bits per heavy atom. The first-order valence-electron chi connectivity index (χ1n) is 6.09. The molecule has 1 atom stereocenters. The van der Waals surface area contributed by atoms with Crippen LogP contribution in [-0.4, -0.2) is 18.2 Å². The Kier molecular flexibility index (Phi) is 3.55. The van der Waals surface area contributed by atoms with Crippen molar-refractivity contribution in [1.82, 2.24) is 0 Å². The van der Waals surface area contributed by atoms with Gasteiger partial charge in [-0.15, -0.1) is 0 Å². The minimum Gasteiger partial charge on any atom is -0.496 e. The maximum atomic E-state index is 14.0. The van der Waals surface area contributed by atoms with E-state index in [0.29, 0.717) is 11.3 Å². The van der Waals surface area contributed by atoms with E-state index in [2.05, 4.69) is 0 Å². The predicted molar refractivity (Wildman–Crippen MR) is 65.4 cm³/mol. The highest BCUT2D eigenvalue weighted by Gasteiger charge is 2.37. The van der Waals surface area contributed by atoms with Crippen molar-refractivity contribution in [3.63, 3.8) is 0 Å². The SMILES string of the molecule is COc1c(C)ccc(F)c1C(CC(=O)O)C1CC1. The summed E-state index contributed by atoms with van der Waals surface area (Å²) in [6.07, 6.45) is 1.89. The summed E-state index contributed by atoms with van der Waals surface area (Å²) < 4.78 is 19.3. The summed E-state index contributed by atoms with van der Waals surface area (Å²) in [5.74, 6) is -0.776. The minimum absolute atomic E-state index is 0.0403. The van der Waals surface area contributed by atoms with E-state index in [9.17, 15) is 9.18 Å². The number of rotatable bonds is 5. The number of aliphatic carboxylic acids is 1. The Labute approximate surface area is 106 Å². The van der Waals surface area contributed by atoms with Crippen molar-refractivity contribution in [1.29, 1.82) is 0 Å². The maximum absolute atomic E-state index is 14.0. The number of carbonyl (C=O) groups is 1. The van der Waals surface area contributed by atoms with Gasteiger partial charge in [-0.1, -0.05) is 6.07 Å². The summed E-state index contributed by atoms with van der Waals surface area (Å²) in [5, 5.41) is 8.98. The molecule has 1 N–H and O–H groups in total. The largest absolute Gasteiger partial charge is 0.496 e. The fourth-order valence-electron chi connectivity index (χ4n) is 2.49. The summed E-state index contributed by atoms with van der Waals surface area (Å²) in [6, 6.07) is 3.05. The second kappa shape index (κ2) is 4.96. The van der Waals surface area contributed by atoms with E-state index in [4.69, 9.17) is 9.84 Å². The fourth-order valence-corrected chi connectivity index (χ4v) is 2.49. The van der Waals surface area contributed by atoms with Crippen molar-refractivity contribution in [3.8, 4) is 5.75 Å². The Hall–Kier alpha value is -1.58. The number of carboxylic acid groups (broad SMARTS) is 1. The number of hydrogen-bond donors (Lipinski definition) is 1. The summed E-state index contributed by atoms with van der Waals surface area (Å²) >= 11 is 0. The van der Waals surface area contributed by atoms with Gasteiger partial charge in [-0.05, 0) is 37.3 Å². The molecule has 1 aromatic rings. The van der Waals surface area contributed by atoms with Crippen LogP contribution in [0.1, 0.15) is 36.3 Å². The molecule has 0 radical (unpaired) electrons. The van der Waals surface area contributed by atoms with Crippen LogP contribution < -0.4 is 4.74 Å². The highest BCUT2D eigenvalue weighted by molar-refractivity contribution is 5.68. The number of methoxy groups -OCH3 is 1. The van der Waals surface area contributed by atoms with Crippen LogP contribution in [0.2, 0.25) is 0 Å². The van der Waals surface area contributed by atoms with Gasteiger partial charge in [-0.2, -0.15) is 0 Å². The maximum Gasteiger partial charge on any atom is 0.303 e. The zero-order valence-electron chi connectivity index (χ0n) is 10.6. The van der Waals surface area contributed by atoms with Gasteiger partial charge in [0.15, 0.2) is 0 Å². The first-order valence-corrected chi connectivity index (χ1v) is 6.09. The van der Waals surface area contributed by atoms with Crippen molar-refractivity contribution in [2.75, 3.05) is 7.11 Å². The Morgan fingerprint density at radius 2 is 2.22 bits per heavy atom. The lowest BCUT2D eigenvalue weighted by atomic mass is 9.88. The van der Waals surface area contributed by atoms with Gasteiger partial charge < -0.3 is 9.84 Å². The Bertz CT molecular complexity index is 466. The quantitative estimate of drug-likeness (QED) is 0.875. The third kappa shape index (κ3) is 2.47. The van der Waals surface area contributed by atoms with Crippen LogP contribution in [-0.2, 0) is 4.79 Å². The fraction of sp³-hybridized carbons (Fsp3) is 0.500. The molecule has 0 aliphatic heterocycles. The van der Waals surface area contributed by atoms with Crippen LogP contribution in [0.4, 0.5) is 4.39 Å². The van der Waals surface area contributed by atoms with Gasteiger partial charge in [-0.25, -0.2) is 4.39 Å². The van der Waals surface area contributed by atoms with E-state index in [0.717, 1.165) is 18.4 Å². The van der Waals surface area contributed by atoms with Crippen molar-refractivity contribution in [2.24, 2.45) is 5.92 Å². The molecule has 0 aromatic heterocycles. The molecule has 1 unspecified atom stereocenters. The van der Waals surface area contributed by atoms with Gasteiger partial charge in [0.1, 0.15) is 11.6 Å². The summed E-state index contributed by atoms with van der Waals surface area (Å²) in [7, 11) is 1.50. The van der Waals surface area contributed by atoms with Crippen LogP contribution in [0, 0.1) is 18.7 Å². The Balaban J connectivity index is 2.45. The van der Waals surface area contributed by atoms with Gasteiger partial charge in [0.05, 0.1) is 13.5 Å². The normalized spacial score (nSPS) is 16.4. The molecule has 0 heterocycles. The van der Waals surface area contributed by atoms with E-state index in [-0.39, 0.29) is 24.1 Å². The number of hydrogen-bond acceptors (Lipinski definition) is 2. The summed E-state index contributed by atoms with van der Waals surface area (Å²) in [6.45, 7) is 1.84. The molecule has 0 spiro atoms. The van der Waals surface area contributed by atoms with Crippen LogP contribution in [0.3, 0.4) is 0 Å². The molecule has 2 rings (SSSR count). The van der Waals surface area contributed by atoms with Gasteiger partial charge in [-0.3, -0.25) is 4.79 Å². The minimum atomic E-state index is -0.894. The predicted octanol–water partition coefficient (Wildman–Crippen LogP) is 3.11. The third-order valence-corrected chi connectivity index (χ3v) is 3.50. The lowest BCUT2D eigenvalue weighted by molar-refractivity contribution is -0.137. The van der Waals surface area contributed by atoms with Gasteiger partial charge in [0, 0.05) is 11.5 Å². The van der Waals surface area contributed by atoms with E-state index < -0.39 is 5.97 Å². The topological polar surface area (TPSA) is 46.5 Å². The zero-order chi connectivity index (χ0) is 13.3. The zero-order valence-corrected chi connectivity index (χ0v) is 10.6. The summed E-state index contributed by atoms with van der Waals surface area (Å²) in [5.41, 5.74) is 1.27. The molecule has 1 aliphatic rings. The smallest absolute Gasteiger partial charge is 0.303 e. The lowest BCUT2D eigenvalue weighted by Gasteiger charge is -2.20. The molecule has 1 aromatic carbocycles. The van der Waals surface area contributed by atoms with Crippen LogP contribution >= 0.6 is 0 Å². The molecule has 4 heteroatoms. The monoisotopic (exact) mass is 252 g/mol. The molecule has 18 heavy (non-hydrogen) atoms. The highest BCUT2D eigenvalue weighted by atomic mass is 19.1. The Morgan fingerprint density at radius 1 is 1.56 bits per heavy atom. The van der Waals surface area contributed by atoms with E-state index >= 15 is 0 Å². The average Bonchev–Trinajstić information content (AvgIpc) is 3.13. The average molecular weight is 252 g/mol. The molecule has 98 valence electrons. The van der Waals surface area contributed by atoms with Crippen molar-refractivity contribution < 1.29 is 19.0 Å². The third-order valence-electron chi connectivity index (χ3n) is 3.50. The first-order chi connectivity index (χ1) is 8.54. The van der Waals surface area contributed by atoms with Crippen molar-refractivity contribution >= 4 is 5.97 Å². The van der Waals surface area contributed by atoms with Crippen molar-refractivity contribution in [3.05, 3.63) is 29.1 Å². The van der Waals surface area contributed by atoms with Crippen LogP contribution in [0.25, 0.3) is 0 Å². The number of benzene rings is 1. The first kappa shape index (κ1) is 12.9. The molecule has 1 fully saturated rings. The van der Waals surface area contributed by atoms with Gasteiger partial charge >= 0.3 is 5.97 Å². The molecular formula is C14H17FO3. The van der Waals surface area contributed by atoms with E-state index in [1.807, 2.05) is 6.92 Å². The molecular weight excluding hydrogens is 235 g/mol. The second-order valence-corrected chi connectivity index (χ2v) is 4.85. The number of aryl methyl sites for hydroxylation is 1. The molecule has 1 saturated carbocycles. The molecule has 0 saturated heterocycles. The highest BCUT2D eigenvalue weighted by Crippen LogP contribution is 2.48. The molecule has 1 aliphatic carbocycles. The summed E-state index contributed by atoms with van der Waals surface area (Å²) in [4.78, 5) is 10.9. The molecule has 0 bridgehead atoms. The van der Waals surface area contributed by atoms with Crippen molar-refractivity contribution in [2.45, 2.75) is 32.1 Å². The van der Waals surface area contributed by atoms with Gasteiger partial charge in [0.25, 0.3) is 0 Å². The van der Waals surface area contributed by atoms with E-state index in [1.54, 1.807) is 6.07 Å². The van der Waals surface area contributed by atoms with Crippen LogP contribution in [0.5, 0.6) is 5.75 Å². The molecule has 0 amide bonds. The number of carboxylic acids is 1. The second-order valence-electron chi connectivity index (χ2n) is 4.85.